The molecule has 0 aliphatic rings. The van der Waals surface area contributed by atoms with Gasteiger partial charge in [0, 0.05) is 0 Å². The summed E-state index contributed by atoms with van der Waals surface area (Å²) < 4.78 is 5.54. The lowest BCUT2D eigenvalue weighted by atomic mass is 9.99. The first kappa shape index (κ1) is 20.1. The van der Waals surface area contributed by atoms with Gasteiger partial charge in [0.25, 0.3) is 5.91 Å². The standard InChI is InChI=1S/C25H24N2O2S/c28-24(19-27(17-22-13-7-15-29-22)18-23-14-8-16-30-23)26-25(20-9-3-1-4-10-20)21-11-5-2-6-12-21/h1-16,25H,17-19H2,(H,26,28)/p+1. The quantitative estimate of drug-likeness (QED) is 0.435. The summed E-state index contributed by atoms with van der Waals surface area (Å²) in [6, 6.07) is 28.0. The Morgan fingerprint density at radius 1 is 0.867 bits per heavy atom. The number of benzene rings is 2. The molecule has 0 aliphatic carbocycles. The monoisotopic (exact) mass is 417 g/mol. The zero-order valence-corrected chi connectivity index (χ0v) is 17.5. The number of carbonyl (C=O) groups excluding carboxylic acids is 1. The largest absolute Gasteiger partial charge is 0.463 e. The molecule has 2 N–H and O–H groups in total. The minimum atomic E-state index is -0.175. The second kappa shape index (κ2) is 10.1. The van der Waals surface area contributed by atoms with E-state index in [1.54, 1.807) is 17.6 Å². The fraction of sp³-hybridized carbons (Fsp3) is 0.160. The van der Waals surface area contributed by atoms with Crippen LogP contribution in [-0.4, -0.2) is 12.5 Å². The minimum Gasteiger partial charge on any atom is -0.463 e. The second-order valence-corrected chi connectivity index (χ2v) is 8.29. The van der Waals surface area contributed by atoms with Crippen LogP contribution < -0.4 is 10.2 Å². The summed E-state index contributed by atoms with van der Waals surface area (Å²) in [5, 5.41) is 5.32. The van der Waals surface area contributed by atoms with Crippen LogP contribution in [0.4, 0.5) is 0 Å². The van der Waals surface area contributed by atoms with Crippen LogP contribution in [0.1, 0.15) is 27.8 Å². The Labute approximate surface area is 180 Å². The maximum Gasteiger partial charge on any atom is 0.275 e. The lowest BCUT2D eigenvalue weighted by molar-refractivity contribution is -0.920. The lowest BCUT2D eigenvalue weighted by Gasteiger charge is -2.22. The molecule has 2 aromatic carbocycles. The van der Waals surface area contributed by atoms with E-state index in [-0.39, 0.29) is 11.9 Å². The van der Waals surface area contributed by atoms with Gasteiger partial charge in [-0.05, 0) is 34.7 Å². The Hall–Kier alpha value is -3.15. The Morgan fingerprint density at radius 2 is 1.57 bits per heavy atom. The minimum absolute atomic E-state index is 0.0193. The number of quaternary nitrogens is 1. The van der Waals surface area contributed by atoms with Crippen molar-refractivity contribution in [3.8, 4) is 0 Å². The molecule has 4 rings (SSSR count). The molecule has 0 radical (unpaired) electrons. The molecule has 1 amide bonds. The van der Waals surface area contributed by atoms with E-state index in [0.29, 0.717) is 13.1 Å². The highest BCUT2D eigenvalue weighted by molar-refractivity contribution is 7.09. The highest BCUT2D eigenvalue weighted by Gasteiger charge is 2.22. The van der Waals surface area contributed by atoms with Gasteiger partial charge in [0.15, 0.2) is 12.3 Å². The molecule has 0 fully saturated rings. The van der Waals surface area contributed by atoms with Crippen molar-refractivity contribution < 1.29 is 14.1 Å². The first-order chi connectivity index (χ1) is 14.8. The molecule has 2 heterocycles. The van der Waals surface area contributed by atoms with Gasteiger partial charge < -0.3 is 14.6 Å². The van der Waals surface area contributed by atoms with Gasteiger partial charge in [-0.3, -0.25) is 4.79 Å². The lowest BCUT2D eigenvalue weighted by Crippen LogP contribution is -3.10. The molecular formula is C25H25N2O2S+. The molecule has 0 aliphatic heterocycles. The number of hydrogen-bond donors (Lipinski definition) is 2. The summed E-state index contributed by atoms with van der Waals surface area (Å²) in [5.74, 6) is 0.905. The zero-order valence-electron chi connectivity index (χ0n) is 16.7. The second-order valence-electron chi connectivity index (χ2n) is 7.26. The molecule has 1 atom stereocenters. The van der Waals surface area contributed by atoms with Crippen LogP contribution in [0.2, 0.25) is 0 Å². The van der Waals surface area contributed by atoms with Crippen LogP contribution in [0.5, 0.6) is 0 Å². The Balaban J connectivity index is 1.50. The average Bonchev–Trinajstić information content (AvgIpc) is 3.48. The average molecular weight is 418 g/mol. The van der Waals surface area contributed by atoms with Crippen LogP contribution in [0.25, 0.3) is 0 Å². The van der Waals surface area contributed by atoms with E-state index in [0.717, 1.165) is 28.3 Å². The Kier molecular flexibility index (Phi) is 6.75. The van der Waals surface area contributed by atoms with Gasteiger partial charge in [0.1, 0.15) is 13.1 Å². The van der Waals surface area contributed by atoms with E-state index < -0.39 is 0 Å². The van der Waals surface area contributed by atoms with Gasteiger partial charge in [0.2, 0.25) is 0 Å². The summed E-state index contributed by atoms with van der Waals surface area (Å²) in [7, 11) is 0. The fourth-order valence-electron chi connectivity index (χ4n) is 3.60. The summed E-state index contributed by atoms with van der Waals surface area (Å²) >= 11 is 1.72. The molecule has 152 valence electrons. The highest BCUT2D eigenvalue weighted by Crippen LogP contribution is 2.21. The number of rotatable bonds is 9. The van der Waals surface area contributed by atoms with Crippen LogP contribution in [0.15, 0.2) is 101 Å². The van der Waals surface area contributed by atoms with E-state index in [9.17, 15) is 4.79 Å². The van der Waals surface area contributed by atoms with Crippen LogP contribution in [-0.2, 0) is 17.9 Å². The van der Waals surface area contributed by atoms with Crippen molar-refractivity contribution in [2.75, 3.05) is 6.54 Å². The molecule has 0 saturated heterocycles. The normalized spacial score (nSPS) is 12.0. The Bertz CT molecular complexity index is 940. The van der Waals surface area contributed by atoms with Gasteiger partial charge in [-0.25, -0.2) is 0 Å². The van der Waals surface area contributed by atoms with Crippen LogP contribution in [0, 0.1) is 0 Å². The van der Waals surface area contributed by atoms with E-state index in [1.807, 2.05) is 54.6 Å². The molecule has 30 heavy (non-hydrogen) atoms. The van der Waals surface area contributed by atoms with Gasteiger partial charge in [-0.15, -0.1) is 11.3 Å². The molecule has 1 unspecified atom stereocenters. The van der Waals surface area contributed by atoms with Crippen molar-refractivity contribution in [1.29, 1.82) is 0 Å². The molecule has 2 aromatic heterocycles. The van der Waals surface area contributed by atoms with Crippen molar-refractivity contribution in [3.63, 3.8) is 0 Å². The number of nitrogens with one attached hydrogen (secondary N) is 2. The molecule has 0 spiro atoms. The van der Waals surface area contributed by atoms with Crippen molar-refractivity contribution in [1.82, 2.24) is 5.32 Å². The predicted octanol–water partition coefficient (Wildman–Crippen LogP) is 3.83. The first-order valence-electron chi connectivity index (χ1n) is 10.1. The van der Waals surface area contributed by atoms with E-state index in [4.69, 9.17) is 4.42 Å². The molecule has 0 bridgehead atoms. The number of carbonyl (C=O) groups is 1. The molecule has 4 nitrogen and oxygen atoms in total. The topological polar surface area (TPSA) is 46.7 Å². The number of furan rings is 1. The summed E-state index contributed by atoms with van der Waals surface area (Å²) in [6.07, 6.45) is 1.68. The van der Waals surface area contributed by atoms with Gasteiger partial charge in [-0.2, -0.15) is 0 Å². The highest BCUT2D eigenvalue weighted by atomic mass is 32.1. The third kappa shape index (κ3) is 5.47. The molecule has 5 heteroatoms. The first-order valence-corrected chi connectivity index (χ1v) is 10.9. The van der Waals surface area contributed by atoms with Crippen molar-refractivity contribution in [2.24, 2.45) is 0 Å². The van der Waals surface area contributed by atoms with E-state index in [1.165, 1.54) is 4.88 Å². The number of thiophene rings is 1. The summed E-state index contributed by atoms with van der Waals surface area (Å²) in [6.45, 7) is 1.82. The summed E-state index contributed by atoms with van der Waals surface area (Å²) in [5.41, 5.74) is 2.14. The molecule has 0 saturated carbocycles. The summed E-state index contributed by atoms with van der Waals surface area (Å²) in [4.78, 5) is 15.5. The van der Waals surface area contributed by atoms with E-state index >= 15 is 0 Å². The van der Waals surface area contributed by atoms with Gasteiger partial charge >= 0.3 is 0 Å². The smallest absolute Gasteiger partial charge is 0.275 e. The fourth-order valence-corrected chi connectivity index (χ4v) is 4.37. The maximum atomic E-state index is 13.1. The van der Waals surface area contributed by atoms with Crippen molar-refractivity contribution in [3.05, 3.63) is 118 Å². The predicted molar refractivity (Wildman–Crippen MR) is 119 cm³/mol. The van der Waals surface area contributed by atoms with Crippen LogP contribution >= 0.6 is 11.3 Å². The Morgan fingerprint density at radius 3 is 2.13 bits per heavy atom. The molecular weight excluding hydrogens is 392 g/mol. The third-order valence-corrected chi connectivity index (χ3v) is 5.87. The third-order valence-electron chi connectivity index (χ3n) is 4.99. The van der Waals surface area contributed by atoms with Gasteiger partial charge in [-0.1, -0.05) is 66.7 Å². The van der Waals surface area contributed by atoms with Crippen molar-refractivity contribution >= 4 is 17.2 Å². The van der Waals surface area contributed by atoms with Crippen LogP contribution in [0.3, 0.4) is 0 Å². The van der Waals surface area contributed by atoms with Gasteiger partial charge in [0.05, 0.1) is 17.2 Å². The SMILES string of the molecule is O=C(C[NH+](Cc1ccco1)Cc1cccs1)NC(c1ccccc1)c1ccccc1. The number of amides is 1. The molecule has 4 aromatic rings. The maximum absolute atomic E-state index is 13.1. The van der Waals surface area contributed by atoms with E-state index in [2.05, 4.69) is 41.0 Å². The number of hydrogen-bond acceptors (Lipinski definition) is 3. The van der Waals surface area contributed by atoms with Crippen molar-refractivity contribution in [2.45, 2.75) is 19.1 Å². The zero-order chi connectivity index (χ0) is 20.6.